The molecule has 0 saturated carbocycles. The number of pyridine rings is 1. The number of carbonyl (C=O) groups excluding carboxylic acids is 1. The third-order valence-corrected chi connectivity index (χ3v) is 7.62. The highest BCUT2D eigenvalue weighted by Gasteiger charge is 2.37. The van der Waals surface area contributed by atoms with Crippen molar-refractivity contribution in [3.05, 3.63) is 74.8 Å². The molecule has 0 aliphatic carbocycles. The lowest BCUT2D eigenvalue weighted by Crippen LogP contribution is -2.30. The second-order valence-corrected chi connectivity index (χ2v) is 11.7. The van der Waals surface area contributed by atoms with E-state index in [1.807, 2.05) is 13.0 Å². The van der Waals surface area contributed by atoms with Gasteiger partial charge in [0, 0.05) is 34.6 Å². The van der Waals surface area contributed by atoms with Gasteiger partial charge < -0.3 is 19.5 Å². The average Bonchev–Trinajstić information content (AvgIpc) is 3.31. The molecule has 0 fully saturated rings. The van der Waals surface area contributed by atoms with Gasteiger partial charge in [-0.2, -0.15) is 0 Å². The largest absolute Gasteiger partial charge is 0.490 e. The first-order valence-corrected chi connectivity index (χ1v) is 13.7. The number of carboxylic acids is 1. The summed E-state index contributed by atoms with van der Waals surface area (Å²) in [5.74, 6) is -1.70. The van der Waals surface area contributed by atoms with Crippen molar-refractivity contribution < 1.29 is 28.6 Å². The lowest BCUT2D eigenvalue weighted by molar-refractivity contribution is -0.160. The smallest absolute Gasteiger partial charge is 0.337 e. The molecule has 9 heteroatoms. The van der Waals surface area contributed by atoms with Crippen molar-refractivity contribution in [3.8, 4) is 16.9 Å². The number of hydrogen-bond acceptors (Lipinski definition) is 5. The number of ether oxygens (including phenoxy) is 2. The first-order chi connectivity index (χ1) is 18.9. The number of aryl methyl sites for hydroxylation is 1. The molecule has 5 rings (SSSR count). The Morgan fingerprint density at radius 3 is 2.60 bits per heavy atom. The number of rotatable bonds is 5. The third kappa shape index (κ3) is 5.06. The van der Waals surface area contributed by atoms with E-state index in [9.17, 15) is 14.7 Å². The van der Waals surface area contributed by atoms with Crippen LogP contribution in [0.1, 0.15) is 71.6 Å². The molecule has 1 atom stereocenters. The molecule has 0 unspecified atom stereocenters. The number of carboxylic acid groups (broad SMARTS) is 1. The Kier molecular flexibility index (Phi) is 7.35. The minimum absolute atomic E-state index is 0.205. The maximum absolute atomic E-state index is 15.5. The monoisotopic (exact) mass is 566 g/mol. The molecule has 3 aromatic rings. The van der Waals surface area contributed by atoms with Crippen LogP contribution < -0.4 is 9.64 Å². The van der Waals surface area contributed by atoms with Gasteiger partial charge in [0.2, 0.25) is 0 Å². The van der Waals surface area contributed by atoms with Crippen molar-refractivity contribution in [2.24, 2.45) is 0 Å². The average molecular weight is 567 g/mol. The number of aromatic nitrogens is 1. The summed E-state index contributed by atoms with van der Waals surface area (Å²) in [5, 5.41) is 10.8. The highest BCUT2D eigenvalue weighted by Crippen LogP contribution is 2.47. The van der Waals surface area contributed by atoms with E-state index in [2.05, 4.69) is 4.98 Å². The third-order valence-electron chi connectivity index (χ3n) is 7.38. The predicted molar refractivity (Wildman–Crippen MR) is 151 cm³/mol. The van der Waals surface area contributed by atoms with E-state index in [4.69, 9.17) is 21.1 Å². The summed E-state index contributed by atoms with van der Waals surface area (Å²) in [4.78, 5) is 32.1. The number of hydrogen-bond donors (Lipinski definition) is 1. The minimum atomic E-state index is -1.31. The van der Waals surface area contributed by atoms with Crippen LogP contribution in [0.3, 0.4) is 0 Å². The molecule has 0 saturated heterocycles. The zero-order valence-electron chi connectivity index (χ0n) is 23.2. The number of benzene rings is 2. The fourth-order valence-corrected chi connectivity index (χ4v) is 5.88. The van der Waals surface area contributed by atoms with Gasteiger partial charge in [0.05, 0.1) is 12.2 Å². The summed E-state index contributed by atoms with van der Waals surface area (Å²) in [7, 11) is 0. The molecule has 7 nitrogen and oxygen atoms in total. The fraction of sp³-hybridized carbons (Fsp3) is 0.387. The van der Waals surface area contributed by atoms with E-state index in [1.54, 1.807) is 38.7 Å². The lowest BCUT2D eigenvalue weighted by Gasteiger charge is -2.30. The van der Waals surface area contributed by atoms with Crippen LogP contribution >= 0.6 is 11.6 Å². The highest BCUT2D eigenvalue weighted by molar-refractivity contribution is 6.31. The number of carbonyl (C=O) groups is 2. The molecule has 1 amide bonds. The Balaban J connectivity index is 1.78. The maximum atomic E-state index is 15.5. The van der Waals surface area contributed by atoms with Gasteiger partial charge in [0.25, 0.3) is 5.91 Å². The van der Waals surface area contributed by atoms with Gasteiger partial charge in [-0.25, -0.2) is 9.18 Å². The van der Waals surface area contributed by atoms with E-state index in [-0.39, 0.29) is 17.4 Å². The number of halogens is 2. The van der Waals surface area contributed by atoms with Gasteiger partial charge in [-0.15, -0.1) is 0 Å². The van der Waals surface area contributed by atoms with E-state index in [0.717, 1.165) is 23.1 Å². The van der Waals surface area contributed by atoms with E-state index in [0.29, 0.717) is 59.0 Å². The van der Waals surface area contributed by atoms with E-state index >= 15 is 4.39 Å². The summed E-state index contributed by atoms with van der Waals surface area (Å²) in [6, 6.07) is 6.36. The Labute approximate surface area is 237 Å². The highest BCUT2D eigenvalue weighted by atomic mass is 35.5. The Morgan fingerprint density at radius 2 is 1.93 bits per heavy atom. The lowest BCUT2D eigenvalue weighted by atomic mass is 9.83. The van der Waals surface area contributed by atoms with Crippen LogP contribution in [0.25, 0.3) is 11.1 Å². The van der Waals surface area contributed by atoms with Crippen LogP contribution in [0.4, 0.5) is 10.1 Å². The van der Waals surface area contributed by atoms with Crippen LogP contribution in [0.15, 0.2) is 30.5 Å². The minimum Gasteiger partial charge on any atom is -0.490 e. The fourth-order valence-electron chi connectivity index (χ4n) is 5.72. The molecule has 3 heterocycles. The molecule has 0 spiro atoms. The van der Waals surface area contributed by atoms with Crippen LogP contribution in [0, 0.1) is 19.7 Å². The zero-order valence-corrected chi connectivity index (χ0v) is 24.0. The number of amides is 1. The molecule has 40 heavy (non-hydrogen) atoms. The Morgan fingerprint density at radius 1 is 1.18 bits per heavy atom. The van der Waals surface area contributed by atoms with Gasteiger partial charge in [-0.3, -0.25) is 9.78 Å². The Bertz CT molecular complexity index is 1530. The molecule has 2 aliphatic rings. The van der Waals surface area contributed by atoms with Crippen LogP contribution in [0.2, 0.25) is 5.02 Å². The Hall–Kier alpha value is -3.49. The van der Waals surface area contributed by atoms with Gasteiger partial charge in [0.15, 0.2) is 17.7 Å². The van der Waals surface area contributed by atoms with Crippen molar-refractivity contribution in [1.82, 2.24) is 4.98 Å². The first kappa shape index (κ1) is 28.1. The van der Waals surface area contributed by atoms with E-state index < -0.39 is 23.5 Å². The van der Waals surface area contributed by atoms with Gasteiger partial charge in [-0.1, -0.05) is 11.6 Å². The second kappa shape index (κ2) is 10.5. The van der Waals surface area contributed by atoms with Crippen molar-refractivity contribution in [2.75, 3.05) is 18.1 Å². The maximum Gasteiger partial charge on any atom is 0.337 e. The molecule has 1 N–H and O–H groups in total. The van der Waals surface area contributed by atoms with Crippen molar-refractivity contribution in [2.45, 2.75) is 65.6 Å². The number of anilines is 1. The normalized spacial score (nSPS) is 15.3. The quantitative estimate of drug-likeness (QED) is 0.373. The van der Waals surface area contributed by atoms with Crippen molar-refractivity contribution in [1.29, 1.82) is 0 Å². The molecule has 2 aliphatic heterocycles. The second-order valence-electron chi connectivity index (χ2n) is 11.3. The van der Waals surface area contributed by atoms with Gasteiger partial charge >= 0.3 is 5.97 Å². The molecule has 2 aromatic carbocycles. The molecule has 0 radical (unpaired) electrons. The standard InChI is InChI=1S/C31H32ClFN2O5/c1-16-13-24-20(9-11-35(24)29(36)23-14-18(32)8-10-34-23)26(25(16)28(30(37)38)40-31(3,4)5)21-15-22(33)27-19(17(21)2)7-6-12-39-27/h8,10,13-15,28H,6-7,9,11-12H2,1-5H3,(H,37,38)/t28-/m0/s1. The molecule has 0 bridgehead atoms. The zero-order chi connectivity index (χ0) is 28.9. The summed E-state index contributed by atoms with van der Waals surface area (Å²) >= 11 is 6.13. The van der Waals surface area contributed by atoms with Gasteiger partial charge in [0.1, 0.15) is 5.69 Å². The van der Waals surface area contributed by atoms with Gasteiger partial charge in [-0.05, 0) is 106 Å². The summed E-state index contributed by atoms with van der Waals surface area (Å²) in [5.41, 5.74) is 4.68. The van der Waals surface area contributed by atoms with Crippen molar-refractivity contribution >= 4 is 29.2 Å². The number of aliphatic carboxylic acids is 1. The number of nitrogens with zero attached hydrogens (tertiary/aromatic N) is 2. The predicted octanol–water partition coefficient (Wildman–Crippen LogP) is 6.63. The number of fused-ring (bicyclic) bond motifs is 2. The van der Waals surface area contributed by atoms with Crippen LogP contribution in [-0.4, -0.2) is 40.7 Å². The van der Waals surface area contributed by atoms with E-state index in [1.165, 1.54) is 18.3 Å². The van der Waals surface area contributed by atoms with Crippen LogP contribution in [0.5, 0.6) is 5.75 Å². The topological polar surface area (TPSA) is 89.0 Å². The molecular weight excluding hydrogens is 535 g/mol. The van der Waals surface area contributed by atoms with Crippen LogP contribution in [-0.2, 0) is 22.4 Å². The molecular formula is C31H32ClFN2O5. The van der Waals surface area contributed by atoms with Crippen molar-refractivity contribution in [3.63, 3.8) is 0 Å². The summed E-state index contributed by atoms with van der Waals surface area (Å²) < 4.78 is 27.3. The summed E-state index contributed by atoms with van der Waals surface area (Å²) in [6.07, 6.45) is 2.03. The molecule has 1 aromatic heterocycles. The SMILES string of the molecule is Cc1cc2c(c(-c3cc(F)c4c(c3C)CCCO4)c1[C@H](OC(C)(C)C)C(=O)O)CCN2C(=O)c1cc(Cl)ccn1. The molecule has 210 valence electrons. The first-order valence-electron chi connectivity index (χ1n) is 13.3. The summed E-state index contributed by atoms with van der Waals surface area (Å²) in [6.45, 7) is 9.90.